The molecule has 0 aliphatic heterocycles. The van der Waals surface area contributed by atoms with Crippen molar-refractivity contribution in [3.05, 3.63) is 35.5 Å². The first kappa shape index (κ1) is 13.2. The van der Waals surface area contributed by atoms with E-state index in [1.54, 1.807) is 11.8 Å². The molecule has 3 nitrogen and oxygen atoms in total. The van der Waals surface area contributed by atoms with Crippen molar-refractivity contribution in [2.24, 2.45) is 0 Å². The highest BCUT2D eigenvalue weighted by Crippen LogP contribution is 2.26. The Morgan fingerprint density at radius 3 is 2.94 bits per heavy atom. The van der Waals surface area contributed by atoms with Crippen molar-refractivity contribution in [1.82, 2.24) is 4.98 Å². The number of rotatable bonds is 5. The van der Waals surface area contributed by atoms with Crippen molar-refractivity contribution in [3.63, 3.8) is 0 Å². The third-order valence-corrected chi connectivity index (χ3v) is 4.42. The van der Waals surface area contributed by atoms with Crippen molar-refractivity contribution in [3.8, 4) is 5.75 Å². The second-order valence-electron chi connectivity index (χ2n) is 3.98. The van der Waals surface area contributed by atoms with E-state index in [0.717, 1.165) is 15.7 Å². The summed E-state index contributed by atoms with van der Waals surface area (Å²) in [6.07, 6.45) is 1.81. The third-order valence-electron chi connectivity index (χ3n) is 2.43. The Morgan fingerprint density at radius 2 is 2.22 bits per heavy atom. The standard InChI is InChI=1S/C13H16N2OS2/c1-9-3-4-10(2)11(7-9)16-5-6-17-12-8-15-13(14)18-12/h3-4,7-8H,5-6H2,1-2H3,(H2,14,15). The maximum absolute atomic E-state index is 5.78. The molecule has 1 heterocycles. The molecule has 0 amide bonds. The van der Waals surface area contributed by atoms with E-state index in [4.69, 9.17) is 10.5 Å². The fourth-order valence-corrected chi connectivity index (χ4v) is 3.15. The second-order valence-corrected chi connectivity index (χ2v) is 6.44. The highest BCUT2D eigenvalue weighted by molar-refractivity contribution is 8.01. The minimum absolute atomic E-state index is 0.618. The molecule has 2 N–H and O–H groups in total. The number of ether oxygens (including phenoxy) is 1. The van der Waals surface area contributed by atoms with Crippen LogP contribution in [0, 0.1) is 13.8 Å². The topological polar surface area (TPSA) is 48.1 Å². The highest BCUT2D eigenvalue weighted by atomic mass is 32.2. The number of aryl methyl sites for hydroxylation is 2. The average molecular weight is 280 g/mol. The van der Waals surface area contributed by atoms with Crippen molar-refractivity contribution >= 4 is 28.2 Å². The van der Waals surface area contributed by atoms with Crippen molar-refractivity contribution < 1.29 is 4.74 Å². The highest BCUT2D eigenvalue weighted by Gasteiger charge is 2.02. The van der Waals surface area contributed by atoms with E-state index < -0.39 is 0 Å². The number of benzene rings is 1. The summed E-state index contributed by atoms with van der Waals surface area (Å²) in [5, 5.41) is 0.618. The van der Waals surface area contributed by atoms with Gasteiger partial charge in [0.05, 0.1) is 17.0 Å². The lowest BCUT2D eigenvalue weighted by atomic mass is 10.1. The number of aromatic nitrogens is 1. The Bertz CT molecular complexity index is 525. The van der Waals surface area contributed by atoms with Crippen LogP contribution in [0.15, 0.2) is 28.6 Å². The van der Waals surface area contributed by atoms with Crippen LogP contribution in [0.2, 0.25) is 0 Å². The zero-order valence-electron chi connectivity index (χ0n) is 10.5. The van der Waals surface area contributed by atoms with Crippen LogP contribution >= 0.6 is 23.1 Å². The number of nitrogens with zero attached hydrogens (tertiary/aromatic N) is 1. The number of hydrogen-bond donors (Lipinski definition) is 1. The first-order chi connectivity index (χ1) is 8.65. The largest absolute Gasteiger partial charge is 0.492 e. The van der Waals surface area contributed by atoms with Crippen LogP contribution in [0.4, 0.5) is 5.13 Å². The predicted octanol–water partition coefficient (Wildman–Crippen LogP) is 3.51. The van der Waals surface area contributed by atoms with E-state index in [1.165, 1.54) is 22.5 Å². The van der Waals surface area contributed by atoms with Gasteiger partial charge >= 0.3 is 0 Å². The van der Waals surface area contributed by atoms with Crippen molar-refractivity contribution in [2.45, 2.75) is 18.1 Å². The lowest BCUT2D eigenvalue weighted by molar-refractivity contribution is 0.341. The van der Waals surface area contributed by atoms with Gasteiger partial charge < -0.3 is 10.5 Å². The molecular formula is C13H16N2OS2. The molecule has 96 valence electrons. The molecule has 1 aromatic heterocycles. The molecule has 2 aromatic rings. The van der Waals surface area contributed by atoms with E-state index in [2.05, 4.69) is 37.0 Å². The molecule has 0 fully saturated rings. The first-order valence-electron chi connectivity index (χ1n) is 5.69. The molecule has 1 aromatic carbocycles. The monoisotopic (exact) mass is 280 g/mol. The molecular weight excluding hydrogens is 264 g/mol. The number of thioether (sulfide) groups is 1. The van der Waals surface area contributed by atoms with E-state index in [-0.39, 0.29) is 0 Å². The zero-order valence-corrected chi connectivity index (χ0v) is 12.1. The molecule has 0 bridgehead atoms. The summed E-state index contributed by atoms with van der Waals surface area (Å²) >= 11 is 3.24. The fourth-order valence-electron chi connectivity index (χ4n) is 1.50. The molecule has 0 aliphatic carbocycles. The SMILES string of the molecule is Cc1ccc(C)c(OCCSc2cnc(N)s2)c1. The Balaban J connectivity index is 1.80. The van der Waals surface area contributed by atoms with Crippen LogP contribution in [0.25, 0.3) is 0 Å². The molecule has 5 heteroatoms. The number of hydrogen-bond acceptors (Lipinski definition) is 5. The molecule has 0 atom stereocenters. The summed E-state index contributed by atoms with van der Waals surface area (Å²) in [6, 6.07) is 6.25. The Hall–Kier alpha value is -1.20. The summed E-state index contributed by atoms with van der Waals surface area (Å²) in [5.74, 6) is 1.87. The summed E-state index contributed by atoms with van der Waals surface area (Å²) in [6.45, 7) is 4.82. The molecule has 0 aliphatic rings. The van der Waals surface area contributed by atoms with Crippen LogP contribution < -0.4 is 10.5 Å². The van der Waals surface area contributed by atoms with Gasteiger partial charge in [-0.25, -0.2) is 4.98 Å². The van der Waals surface area contributed by atoms with Crippen LogP contribution in [0.5, 0.6) is 5.75 Å². The normalized spacial score (nSPS) is 10.6. The van der Waals surface area contributed by atoms with Gasteiger partial charge in [-0.3, -0.25) is 0 Å². The molecule has 18 heavy (non-hydrogen) atoms. The fraction of sp³-hybridized carbons (Fsp3) is 0.308. The van der Waals surface area contributed by atoms with Crippen molar-refractivity contribution in [2.75, 3.05) is 18.1 Å². The lowest BCUT2D eigenvalue weighted by Gasteiger charge is -2.09. The Kier molecular flexibility index (Phi) is 4.49. The third kappa shape index (κ3) is 3.65. The molecule has 0 radical (unpaired) electrons. The smallest absolute Gasteiger partial charge is 0.181 e. The van der Waals surface area contributed by atoms with Crippen molar-refractivity contribution in [1.29, 1.82) is 0 Å². The van der Waals surface area contributed by atoms with Gasteiger partial charge in [0, 0.05) is 5.75 Å². The van der Waals surface area contributed by atoms with Gasteiger partial charge in [0.1, 0.15) is 5.75 Å². The van der Waals surface area contributed by atoms with Crippen LogP contribution in [-0.2, 0) is 0 Å². The lowest BCUT2D eigenvalue weighted by Crippen LogP contribution is -2.01. The zero-order chi connectivity index (χ0) is 13.0. The average Bonchev–Trinajstić information content (AvgIpc) is 2.75. The van der Waals surface area contributed by atoms with Gasteiger partial charge in [0.2, 0.25) is 0 Å². The summed E-state index contributed by atoms with van der Waals surface area (Å²) in [7, 11) is 0. The number of nitrogen functional groups attached to an aromatic ring is 1. The van der Waals surface area contributed by atoms with E-state index in [1.807, 2.05) is 6.20 Å². The molecule has 0 unspecified atom stereocenters. The summed E-state index contributed by atoms with van der Waals surface area (Å²) < 4.78 is 6.91. The quantitative estimate of drug-likeness (QED) is 0.672. The van der Waals surface area contributed by atoms with Gasteiger partial charge in [0.15, 0.2) is 5.13 Å². The van der Waals surface area contributed by atoms with E-state index in [0.29, 0.717) is 11.7 Å². The van der Waals surface area contributed by atoms with E-state index >= 15 is 0 Å². The van der Waals surface area contributed by atoms with Crippen LogP contribution in [-0.4, -0.2) is 17.3 Å². The van der Waals surface area contributed by atoms with Gasteiger partial charge in [-0.1, -0.05) is 23.5 Å². The maximum atomic E-state index is 5.78. The summed E-state index contributed by atoms with van der Waals surface area (Å²) in [5.41, 5.74) is 7.97. The van der Waals surface area contributed by atoms with Gasteiger partial charge in [-0.15, -0.1) is 11.8 Å². The molecule has 2 rings (SSSR count). The number of nitrogens with two attached hydrogens (primary N) is 1. The minimum Gasteiger partial charge on any atom is -0.492 e. The van der Waals surface area contributed by atoms with E-state index in [9.17, 15) is 0 Å². The molecule has 0 saturated heterocycles. The Morgan fingerprint density at radius 1 is 1.39 bits per heavy atom. The maximum Gasteiger partial charge on any atom is 0.181 e. The van der Waals surface area contributed by atoms with Gasteiger partial charge in [-0.2, -0.15) is 0 Å². The molecule has 0 saturated carbocycles. The first-order valence-corrected chi connectivity index (χ1v) is 7.49. The van der Waals surface area contributed by atoms with Gasteiger partial charge in [-0.05, 0) is 31.0 Å². The molecule has 0 spiro atoms. The van der Waals surface area contributed by atoms with Gasteiger partial charge in [0.25, 0.3) is 0 Å². The summed E-state index contributed by atoms with van der Waals surface area (Å²) in [4.78, 5) is 4.01. The number of thiazole rings is 1. The van der Waals surface area contributed by atoms with Crippen LogP contribution in [0.3, 0.4) is 0 Å². The Labute approximate surface area is 115 Å². The predicted molar refractivity (Wildman–Crippen MR) is 78.7 cm³/mol. The van der Waals surface area contributed by atoms with Crippen LogP contribution in [0.1, 0.15) is 11.1 Å². The minimum atomic E-state index is 0.618. The number of anilines is 1. The second kappa shape index (κ2) is 6.11.